The van der Waals surface area contributed by atoms with Crippen molar-refractivity contribution in [3.63, 3.8) is 0 Å². The average Bonchev–Trinajstić information content (AvgIpc) is 2.84. The molecule has 3 rings (SSSR count). The van der Waals surface area contributed by atoms with Gasteiger partial charge in [0.25, 0.3) is 0 Å². The largest absolute Gasteiger partial charge is 0.324 e. The van der Waals surface area contributed by atoms with Gasteiger partial charge in [-0.05, 0) is 30.2 Å². The molecule has 0 radical (unpaired) electrons. The lowest BCUT2D eigenvalue weighted by Crippen LogP contribution is -1.99. The molecule has 0 atom stereocenters. The highest BCUT2D eigenvalue weighted by molar-refractivity contribution is 5.80. The summed E-state index contributed by atoms with van der Waals surface area (Å²) >= 11 is 0. The van der Waals surface area contributed by atoms with Crippen LogP contribution in [0.2, 0.25) is 0 Å². The van der Waals surface area contributed by atoms with E-state index in [4.69, 9.17) is 0 Å². The van der Waals surface area contributed by atoms with Gasteiger partial charge in [-0.3, -0.25) is 0 Å². The molecule has 1 heterocycles. The van der Waals surface area contributed by atoms with E-state index in [1.54, 1.807) is 6.07 Å². The van der Waals surface area contributed by atoms with Gasteiger partial charge in [-0.15, -0.1) is 0 Å². The van der Waals surface area contributed by atoms with E-state index < -0.39 is 0 Å². The van der Waals surface area contributed by atoms with Gasteiger partial charge in [-0.1, -0.05) is 43.3 Å². The molecule has 0 saturated heterocycles. The summed E-state index contributed by atoms with van der Waals surface area (Å²) in [5.74, 6) is 0.614. The Labute approximate surface area is 123 Å². The molecule has 1 aromatic heterocycles. The molecule has 0 bridgehead atoms. The number of benzene rings is 2. The van der Waals surface area contributed by atoms with Crippen LogP contribution in [0, 0.1) is 5.82 Å². The van der Waals surface area contributed by atoms with E-state index in [-0.39, 0.29) is 5.82 Å². The predicted octanol–water partition coefficient (Wildman–Crippen LogP) is 4.76. The summed E-state index contributed by atoms with van der Waals surface area (Å²) in [4.78, 5) is 4.54. The van der Waals surface area contributed by atoms with Crippen molar-refractivity contribution in [2.24, 2.45) is 0 Å². The van der Waals surface area contributed by atoms with Gasteiger partial charge in [0, 0.05) is 12.6 Å². The topological polar surface area (TPSA) is 17.8 Å². The molecule has 0 aliphatic heterocycles. The van der Waals surface area contributed by atoms with E-state index >= 15 is 0 Å². The maximum absolute atomic E-state index is 13.3. The molecule has 2 aromatic carbocycles. The number of hydrogen-bond acceptors (Lipinski definition) is 1. The lowest BCUT2D eigenvalue weighted by atomic mass is 10.2. The second-order valence-corrected chi connectivity index (χ2v) is 5.00. The number of imidazole rings is 1. The Morgan fingerprint density at radius 1 is 1.10 bits per heavy atom. The quantitative estimate of drug-likeness (QED) is 0.674. The number of aromatic nitrogens is 2. The van der Waals surface area contributed by atoms with E-state index in [1.165, 1.54) is 12.1 Å². The van der Waals surface area contributed by atoms with E-state index in [1.807, 2.05) is 42.5 Å². The molecular formula is C18H17FN2. The second-order valence-electron chi connectivity index (χ2n) is 5.00. The number of aryl methyl sites for hydroxylation is 1. The Kier molecular flexibility index (Phi) is 3.82. The summed E-state index contributed by atoms with van der Waals surface area (Å²) in [6.45, 7) is 3.00. The third-order valence-electron chi connectivity index (χ3n) is 3.41. The molecule has 0 aliphatic rings. The summed E-state index contributed by atoms with van der Waals surface area (Å²) in [5.41, 5.74) is 2.81. The first-order valence-electron chi connectivity index (χ1n) is 7.17. The third kappa shape index (κ3) is 2.87. The fourth-order valence-electron chi connectivity index (χ4n) is 2.44. The molecule has 3 aromatic rings. The zero-order valence-electron chi connectivity index (χ0n) is 12.0. The molecular weight excluding hydrogens is 263 g/mol. The zero-order valence-corrected chi connectivity index (χ0v) is 12.0. The van der Waals surface area contributed by atoms with Gasteiger partial charge in [0.05, 0.1) is 11.0 Å². The van der Waals surface area contributed by atoms with Crippen LogP contribution in [-0.4, -0.2) is 9.55 Å². The van der Waals surface area contributed by atoms with Gasteiger partial charge in [-0.25, -0.2) is 9.37 Å². The van der Waals surface area contributed by atoms with Crippen LogP contribution in [0.1, 0.15) is 24.7 Å². The predicted molar refractivity (Wildman–Crippen MR) is 85.4 cm³/mol. The fourth-order valence-corrected chi connectivity index (χ4v) is 2.44. The molecule has 0 fully saturated rings. The smallest absolute Gasteiger partial charge is 0.133 e. The second kappa shape index (κ2) is 5.92. The normalized spacial score (nSPS) is 11.5. The monoisotopic (exact) mass is 280 g/mol. The minimum Gasteiger partial charge on any atom is -0.324 e. The van der Waals surface area contributed by atoms with Crippen LogP contribution in [0.3, 0.4) is 0 Å². The Balaban J connectivity index is 2.04. The van der Waals surface area contributed by atoms with Crippen molar-refractivity contribution in [2.45, 2.75) is 19.9 Å². The van der Waals surface area contributed by atoms with Crippen LogP contribution in [0.25, 0.3) is 23.2 Å². The Morgan fingerprint density at radius 2 is 1.90 bits per heavy atom. The van der Waals surface area contributed by atoms with E-state index in [0.29, 0.717) is 5.52 Å². The average molecular weight is 280 g/mol. The molecule has 0 amide bonds. The number of halogens is 1. The maximum Gasteiger partial charge on any atom is 0.133 e. The molecule has 0 aliphatic carbocycles. The van der Waals surface area contributed by atoms with Crippen molar-refractivity contribution in [3.8, 4) is 0 Å². The fraction of sp³-hybridized carbons (Fsp3) is 0.167. The minimum atomic E-state index is -0.248. The first kappa shape index (κ1) is 13.6. The van der Waals surface area contributed by atoms with Crippen LogP contribution < -0.4 is 0 Å². The SMILES string of the molecule is CCCn1c(/C=C/c2ccccc2)nc2cc(F)ccc21. The summed E-state index contributed by atoms with van der Waals surface area (Å²) in [7, 11) is 0. The molecule has 0 unspecified atom stereocenters. The lowest BCUT2D eigenvalue weighted by molar-refractivity contribution is 0.629. The number of fused-ring (bicyclic) bond motifs is 1. The maximum atomic E-state index is 13.3. The van der Waals surface area contributed by atoms with Gasteiger partial charge in [-0.2, -0.15) is 0 Å². The molecule has 3 heteroatoms. The minimum absolute atomic E-state index is 0.248. The van der Waals surface area contributed by atoms with Gasteiger partial charge in [0.1, 0.15) is 11.6 Å². The van der Waals surface area contributed by atoms with Crippen molar-refractivity contribution in [1.29, 1.82) is 0 Å². The van der Waals surface area contributed by atoms with E-state index in [9.17, 15) is 4.39 Å². The van der Waals surface area contributed by atoms with Crippen LogP contribution in [0.15, 0.2) is 48.5 Å². The summed E-state index contributed by atoms with van der Waals surface area (Å²) in [5, 5.41) is 0. The highest BCUT2D eigenvalue weighted by atomic mass is 19.1. The van der Waals surface area contributed by atoms with Crippen molar-refractivity contribution in [3.05, 3.63) is 65.7 Å². The van der Waals surface area contributed by atoms with Crippen LogP contribution in [0.5, 0.6) is 0 Å². The highest BCUT2D eigenvalue weighted by Crippen LogP contribution is 2.19. The Morgan fingerprint density at radius 3 is 2.67 bits per heavy atom. The molecule has 106 valence electrons. The Hall–Kier alpha value is -2.42. The summed E-state index contributed by atoms with van der Waals surface area (Å²) in [6, 6.07) is 14.9. The van der Waals surface area contributed by atoms with Gasteiger partial charge < -0.3 is 4.57 Å². The van der Waals surface area contributed by atoms with Crippen LogP contribution in [-0.2, 0) is 6.54 Å². The molecule has 0 N–H and O–H groups in total. The van der Waals surface area contributed by atoms with Crippen LogP contribution >= 0.6 is 0 Å². The Bertz CT molecular complexity index is 773. The van der Waals surface area contributed by atoms with Crippen LogP contribution in [0.4, 0.5) is 4.39 Å². The van der Waals surface area contributed by atoms with Crippen molar-refractivity contribution < 1.29 is 4.39 Å². The number of hydrogen-bond donors (Lipinski definition) is 0. The molecule has 2 nitrogen and oxygen atoms in total. The molecule has 0 saturated carbocycles. The standard InChI is InChI=1S/C18H17FN2/c1-2-12-21-17-10-9-15(19)13-16(17)20-18(21)11-8-14-6-4-3-5-7-14/h3-11,13H,2,12H2,1H3/b11-8+. The molecule has 0 spiro atoms. The number of rotatable bonds is 4. The summed E-state index contributed by atoms with van der Waals surface area (Å²) in [6.07, 6.45) is 5.03. The molecule has 21 heavy (non-hydrogen) atoms. The van der Waals surface area contributed by atoms with Gasteiger partial charge in [0.2, 0.25) is 0 Å². The number of nitrogens with zero attached hydrogens (tertiary/aromatic N) is 2. The summed E-state index contributed by atoms with van der Waals surface area (Å²) < 4.78 is 15.5. The van der Waals surface area contributed by atoms with Crippen molar-refractivity contribution in [2.75, 3.05) is 0 Å². The van der Waals surface area contributed by atoms with E-state index in [0.717, 1.165) is 29.9 Å². The highest BCUT2D eigenvalue weighted by Gasteiger charge is 2.08. The zero-order chi connectivity index (χ0) is 14.7. The van der Waals surface area contributed by atoms with Gasteiger partial charge in [0.15, 0.2) is 0 Å². The first-order chi connectivity index (χ1) is 10.3. The first-order valence-corrected chi connectivity index (χ1v) is 7.17. The van der Waals surface area contributed by atoms with Crippen molar-refractivity contribution in [1.82, 2.24) is 9.55 Å². The van der Waals surface area contributed by atoms with Crippen molar-refractivity contribution >= 4 is 23.2 Å². The van der Waals surface area contributed by atoms with E-state index in [2.05, 4.69) is 16.5 Å². The van der Waals surface area contributed by atoms with Gasteiger partial charge >= 0.3 is 0 Å². The third-order valence-corrected chi connectivity index (χ3v) is 3.41. The lowest BCUT2D eigenvalue weighted by Gasteiger charge is -2.04.